The molecule has 0 aromatic carbocycles. The summed E-state index contributed by atoms with van der Waals surface area (Å²) in [5.74, 6) is -1.16. The Labute approximate surface area is 98.0 Å². The molecule has 6 heteroatoms. The first-order chi connectivity index (χ1) is 8.15. The van der Waals surface area contributed by atoms with Crippen LogP contribution in [-0.2, 0) is 14.4 Å². The van der Waals surface area contributed by atoms with Crippen molar-refractivity contribution in [3.05, 3.63) is 24.2 Å². The molecule has 0 amide bonds. The number of alkyl halides is 1. The molecular weight excluding hydrogens is 229 g/mol. The monoisotopic (exact) mass is 243 g/mol. The van der Waals surface area contributed by atoms with Crippen LogP contribution in [0.3, 0.4) is 0 Å². The molecule has 5 nitrogen and oxygen atoms in total. The van der Waals surface area contributed by atoms with Crippen molar-refractivity contribution in [3.63, 3.8) is 0 Å². The minimum Gasteiger partial charge on any atom is -0.468 e. The lowest BCUT2D eigenvalue weighted by Crippen LogP contribution is -2.29. The number of nitrogens with zero attached hydrogens (tertiary/aromatic N) is 1. The van der Waals surface area contributed by atoms with Crippen LogP contribution in [0.25, 0.3) is 0 Å². The van der Waals surface area contributed by atoms with E-state index in [1.807, 2.05) is 0 Å². The van der Waals surface area contributed by atoms with Crippen molar-refractivity contribution in [1.29, 1.82) is 0 Å². The van der Waals surface area contributed by atoms with Crippen LogP contribution in [-0.4, -0.2) is 31.0 Å². The normalized spacial score (nSPS) is 29.5. The first kappa shape index (κ1) is 12.1. The summed E-state index contributed by atoms with van der Waals surface area (Å²) in [5.41, 5.74) is 0. The van der Waals surface area contributed by atoms with Gasteiger partial charge in [-0.1, -0.05) is 0 Å². The summed E-state index contributed by atoms with van der Waals surface area (Å²) < 4.78 is 23.7. The van der Waals surface area contributed by atoms with Crippen LogP contribution in [0, 0.1) is 5.92 Å². The van der Waals surface area contributed by atoms with Gasteiger partial charge < -0.3 is 9.15 Å². The molecule has 3 atom stereocenters. The summed E-state index contributed by atoms with van der Waals surface area (Å²) in [4.78, 5) is 16.6. The average molecular weight is 243 g/mol. The Morgan fingerprint density at radius 2 is 2.41 bits per heavy atom. The number of hydroxylamine groups is 2. The molecular formula is C11H14FNO4. The molecule has 0 bridgehead atoms. The quantitative estimate of drug-likeness (QED) is 0.756. The molecule has 0 unspecified atom stereocenters. The van der Waals surface area contributed by atoms with Gasteiger partial charge in [0, 0.05) is 7.05 Å². The second-order valence-electron chi connectivity index (χ2n) is 3.74. The molecule has 1 fully saturated rings. The first-order valence-electron chi connectivity index (χ1n) is 5.39. The average Bonchev–Trinajstić information content (AvgIpc) is 2.85. The zero-order valence-corrected chi connectivity index (χ0v) is 9.63. The topological polar surface area (TPSA) is 51.9 Å². The molecule has 0 radical (unpaired) electrons. The summed E-state index contributed by atoms with van der Waals surface area (Å²) in [7, 11) is 1.55. The van der Waals surface area contributed by atoms with Gasteiger partial charge >= 0.3 is 5.97 Å². The van der Waals surface area contributed by atoms with Crippen molar-refractivity contribution in [2.75, 3.05) is 13.7 Å². The molecule has 94 valence electrons. The van der Waals surface area contributed by atoms with Gasteiger partial charge in [-0.15, -0.1) is 0 Å². The second-order valence-corrected chi connectivity index (χ2v) is 3.74. The first-order valence-corrected chi connectivity index (χ1v) is 5.39. The highest BCUT2D eigenvalue weighted by Crippen LogP contribution is 2.39. The third kappa shape index (κ3) is 2.18. The zero-order valence-electron chi connectivity index (χ0n) is 9.63. The number of ether oxygens (including phenoxy) is 1. The molecule has 1 aliphatic rings. The molecule has 0 spiro atoms. The van der Waals surface area contributed by atoms with Gasteiger partial charge in [0.15, 0.2) is 0 Å². The van der Waals surface area contributed by atoms with Crippen molar-refractivity contribution in [3.8, 4) is 0 Å². The van der Waals surface area contributed by atoms with E-state index in [0.717, 1.165) is 0 Å². The Morgan fingerprint density at radius 1 is 1.65 bits per heavy atom. The van der Waals surface area contributed by atoms with E-state index in [9.17, 15) is 9.18 Å². The van der Waals surface area contributed by atoms with Gasteiger partial charge in [-0.3, -0.25) is 9.63 Å². The van der Waals surface area contributed by atoms with Crippen LogP contribution in [0.15, 0.2) is 22.8 Å². The Kier molecular flexibility index (Phi) is 3.44. The van der Waals surface area contributed by atoms with Gasteiger partial charge in [0.25, 0.3) is 0 Å². The molecule has 1 aromatic rings. The minimum absolute atomic E-state index is 0.205. The molecule has 2 rings (SSSR count). The van der Waals surface area contributed by atoms with Crippen LogP contribution in [0.2, 0.25) is 0 Å². The van der Waals surface area contributed by atoms with Crippen LogP contribution in [0.1, 0.15) is 18.7 Å². The number of esters is 1. The predicted octanol–water partition coefficient (Wildman–Crippen LogP) is 1.67. The largest absolute Gasteiger partial charge is 0.468 e. The molecule has 1 aromatic heterocycles. The van der Waals surface area contributed by atoms with E-state index < -0.39 is 24.3 Å². The molecule has 1 saturated heterocycles. The maximum absolute atomic E-state index is 13.6. The van der Waals surface area contributed by atoms with Gasteiger partial charge in [-0.2, -0.15) is 5.06 Å². The van der Waals surface area contributed by atoms with E-state index in [4.69, 9.17) is 14.0 Å². The van der Waals surface area contributed by atoms with Gasteiger partial charge in [0.2, 0.25) is 6.36 Å². The number of halogens is 1. The van der Waals surface area contributed by atoms with E-state index in [-0.39, 0.29) is 6.61 Å². The standard InChI is InChI=1S/C11H14FNO4/c1-3-15-11(14)8-9(7-5-4-6-16-7)13(2)17-10(8)12/h4-6,8-10H,3H2,1-2H3/t8-,9-,10+/m1/s1. The number of hydrogen-bond acceptors (Lipinski definition) is 5. The van der Waals surface area contributed by atoms with Crippen molar-refractivity contribution < 1.29 is 23.2 Å². The van der Waals surface area contributed by atoms with E-state index in [0.29, 0.717) is 5.76 Å². The van der Waals surface area contributed by atoms with Crippen LogP contribution in [0.5, 0.6) is 0 Å². The van der Waals surface area contributed by atoms with E-state index in [1.54, 1.807) is 26.1 Å². The Bertz CT molecular complexity index is 381. The highest BCUT2D eigenvalue weighted by atomic mass is 19.1. The third-order valence-electron chi connectivity index (χ3n) is 2.67. The Morgan fingerprint density at radius 3 is 3.00 bits per heavy atom. The van der Waals surface area contributed by atoms with Gasteiger partial charge in [-0.05, 0) is 19.1 Å². The Balaban J connectivity index is 2.24. The maximum atomic E-state index is 13.6. The van der Waals surface area contributed by atoms with Crippen LogP contribution in [0.4, 0.5) is 4.39 Å². The lowest BCUT2D eigenvalue weighted by atomic mass is 9.99. The molecule has 0 saturated carbocycles. The number of hydrogen-bond donors (Lipinski definition) is 0. The van der Waals surface area contributed by atoms with Crippen LogP contribution < -0.4 is 0 Å². The third-order valence-corrected chi connectivity index (χ3v) is 2.67. The summed E-state index contributed by atoms with van der Waals surface area (Å²) in [6.45, 7) is 1.88. The predicted molar refractivity (Wildman–Crippen MR) is 55.3 cm³/mol. The summed E-state index contributed by atoms with van der Waals surface area (Å²) in [5, 5.41) is 1.28. The Hall–Kier alpha value is -1.40. The molecule has 0 aliphatic carbocycles. The number of furan rings is 1. The van der Waals surface area contributed by atoms with E-state index >= 15 is 0 Å². The number of carbonyl (C=O) groups is 1. The fourth-order valence-electron chi connectivity index (χ4n) is 1.95. The lowest BCUT2D eigenvalue weighted by molar-refractivity contribution is -0.187. The maximum Gasteiger partial charge on any atom is 0.316 e. The molecule has 2 heterocycles. The van der Waals surface area contributed by atoms with Gasteiger partial charge in [-0.25, -0.2) is 4.39 Å². The van der Waals surface area contributed by atoms with E-state index in [1.165, 1.54) is 11.3 Å². The fourth-order valence-corrected chi connectivity index (χ4v) is 1.95. The van der Waals surface area contributed by atoms with Gasteiger partial charge in [0.05, 0.1) is 12.9 Å². The van der Waals surface area contributed by atoms with Crippen molar-refractivity contribution in [1.82, 2.24) is 5.06 Å². The summed E-state index contributed by atoms with van der Waals surface area (Å²) >= 11 is 0. The zero-order chi connectivity index (χ0) is 12.4. The molecule has 0 N–H and O–H groups in total. The number of carbonyl (C=O) groups excluding carboxylic acids is 1. The lowest BCUT2D eigenvalue weighted by Gasteiger charge is -2.18. The van der Waals surface area contributed by atoms with Crippen molar-refractivity contribution in [2.24, 2.45) is 5.92 Å². The fraction of sp³-hybridized carbons (Fsp3) is 0.545. The number of rotatable bonds is 3. The summed E-state index contributed by atoms with van der Waals surface area (Å²) in [6, 6.07) is 2.75. The second kappa shape index (κ2) is 4.85. The van der Waals surface area contributed by atoms with E-state index in [2.05, 4.69) is 0 Å². The highest BCUT2D eigenvalue weighted by Gasteiger charge is 2.49. The molecule has 17 heavy (non-hydrogen) atoms. The van der Waals surface area contributed by atoms with Gasteiger partial charge in [0.1, 0.15) is 17.7 Å². The van der Waals surface area contributed by atoms with Crippen LogP contribution >= 0.6 is 0 Å². The van der Waals surface area contributed by atoms with Crippen molar-refractivity contribution >= 4 is 5.97 Å². The smallest absolute Gasteiger partial charge is 0.316 e. The summed E-state index contributed by atoms with van der Waals surface area (Å²) in [6.07, 6.45) is -0.245. The minimum atomic E-state index is -1.71. The van der Waals surface area contributed by atoms with Crippen molar-refractivity contribution in [2.45, 2.75) is 19.3 Å². The SMILES string of the molecule is CCOC(=O)[C@@H]1[C@@H](c2ccco2)N(C)O[C@@H]1F. The highest BCUT2D eigenvalue weighted by molar-refractivity contribution is 5.74. The molecule has 1 aliphatic heterocycles.